The number of hydrogen-bond donors (Lipinski definition) is 0. The zero-order chi connectivity index (χ0) is 11.1. The van der Waals surface area contributed by atoms with E-state index in [1.165, 1.54) is 12.8 Å². The van der Waals surface area contributed by atoms with E-state index < -0.39 is 0 Å². The predicted molar refractivity (Wildman–Crippen MR) is 58.7 cm³/mol. The number of carbonyl (C=O) groups excluding carboxylic acids is 1. The minimum absolute atomic E-state index is 0.113. The minimum atomic E-state index is -0.113. The average molecular weight is 207 g/mol. The van der Waals surface area contributed by atoms with E-state index >= 15 is 0 Å². The molecule has 15 heavy (non-hydrogen) atoms. The van der Waals surface area contributed by atoms with Gasteiger partial charge in [-0.1, -0.05) is 12.5 Å². The van der Waals surface area contributed by atoms with Crippen molar-refractivity contribution in [2.24, 2.45) is 0 Å². The van der Waals surface area contributed by atoms with Gasteiger partial charge in [0, 0.05) is 19.0 Å². The average Bonchev–Trinajstić information content (AvgIpc) is 2.21. The van der Waals surface area contributed by atoms with Crippen LogP contribution in [0.5, 0.6) is 0 Å². The molecule has 1 heterocycles. The fraction of sp³-hybridized carbons (Fsp3) is 0.636. The molecule has 0 N–H and O–H groups in total. The van der Waals surface area contributed by atoms with Crippen LogP contribution in [0.4, 0.5) is 0 Å². The highest BCUT2D eigenvalue weighted by molar-refractivity contribution is 6.25. The van der Waals surface area contributed by atoms with Crippen molar-refractivity contribution in [1.82, 2.24) is 4.90 Å². The van der Waals surface area contributed by atoms with E-state index in [2.05, 4.69) is 16.3 Å². The van der Waals surface area contributed by atoms with Gasteiger partial charge in [0.25, 0.3) is 0 Å². The van der Waals surface area contributed by atoms with E-state index in [4.69, 9.17) is 5.53 Å². The molecule has 1 rings (SSSR count). The summed E-state index contributed by atoms with van der Waals surface area (Å²) in [7, 11) is 0. The third-order valence-electron chi connectivity index (χ3n) is 2.75. The molecule has 0 saturated carbocycles. The summed E-state index contributed by atoms with van der Waals surface area (Å²) in [6.07, 6.45) is 6.69. The molecular weight excluding hydrogens is 190 g/mol. The van der Waals surface area contributed by atoms with Crippen molar-refractivity contribution in [3.63, 3.8) is 0 Å². The topological polar surface area (TPSA) is 56.7 Å². The molecule has 4 heteroatoms. The second kappa shape index (κ2) is 6.27. The van der Waals surface area contributed by atoms with Crippen LogP contribution in [0.1, 0.15) is 25.7 Å². The van der Waals surface area contributed by atoms with Crippen molar-refractivity contribution in [1.29, 1.82) is 0 Å². The Labute approximate surface area is 90.2 Å². The van der Waals surface area contributed by atoms with Crippen LogP contribution in [-0.2, 0) is 4.79 Å². The molecule has 0 aromatic rings. The quantitative estimate of drug-likeness (QED) is 0.295. The summed E-state index contributed by atoms with van der Waals surface area (Å²) in [5.41, 5.74) is 8.25. The maximum atomic E-state index is 11.3. The third kappa shape index (κ3) is 3.78. The maximum Gasteiger partial charge on any atom is 0.323 e. The van der Waals surface area contributed by atoms with Gasteiger partial charge in [-0.05, 0) is 19.4 Å². The van der Waals surface area contributed by atoms with E-state index in [9.17, 15) is 4.79 Å². The molecule has 1 aliphatic heterocycles. The van der Waals surface area contributed by atoms with Crippen LogP contribution in [0, 0.1) is 0 Å². The van der Waals surface area contributed by atoms with Crippen LogP contribution in [0.2, 0.25) is 0 Å². The Hall–Kier alpha value is -1.25. The Morgan fingerprint density at radius 2 is 2.40 bits per heavy atom. The van der Waals surface area contributed by atoms with E-state index in [-0.39, 0.29) is 11.8 Å². The second-order valence-electron chi connectivity index (χ2n) is 3.85. The van der Waals surface area contributed by atoms with Crippen molar-refractivity contribution in [3.8, 4) is 0 Å². The molecule has 1 aliphatic rings. The summed E-state index contributed by atoms with van der Waals surface area (Å²) in [4.78, 5) is 16.3. The van der Waals surface area contributed by atoms with E-state index in [0.717, 1.165) is 25.7 Å². The molecular formula is C11H17N3O. The molecule has 1 atom stereocenters. The summed E-state index contributed by atoms with van der Waals surface area (Å²) in [6.45, 7) is 5.57. The van der Waals surface area contributed by atoms with Crippen LogP contribution < -0.4 is 0 Å². The van der Waals surface area contributed by atoms with Gasteiger partial charge in [0.05, 0.1) is 0 Å². The standard InChI is InChI=1S/C11H17N3O/c1-2-6-14-7-4-3-5-10(14)8-11(15)9-13-12/h2,9-10H,1,3-8H2. The molecule has 0 bridgehead atoms. The molecule has 1 fully saturated rings. The lowest BCUT2D eigenvalue weighted by atomic mass is 9.98. The van der Waals surface area contributed by atoms with Gasteiger partial charge in [-0.3, -0.25) is 9.69 Å². The summed E-state index contributed by atoms with van der Waals surface area (Å²) < 4.78 is 0. The van der Waals surface area contributed by atoms with Crippen LogP contribution >= 0.6 is 0 Å². The van der Waals surface area contributed by atoms with Crippen LogP contribution in [-0.4, -0.2) is 40.8 Å². The zero-order valence-corrected chi connectivity index (χ0v) is 8.93. The molecule has 0 radical (unpaired) electrons. The van der Waals surface area contributed by atoms with E-state index in [1.807, 2.05) is 6.08 Å². The third-order valence-corrected chi connectivity index (χ3v) is 2.75. The lowest BCUT2D eigenvalue weighted by Gasteiger charge is -2.34. The number of likely N-dealkylation sites (tertiary alicyclic amines) is 1. The van der Waals surface area contributed by atoms with Gasteiger partial charge >= 0.3 is 6.21 Å². The highest BCUT2D eigenvalue weighted by Gasteiger charge is 2.23. The summed E-state index contributed by atoms with van der Waals surface area (Å²) in [6, 6.07) is 0.280. The predicted octanol–water partition coefficient (Wildman–Crippen LogP) is 1.29. The first-order valence-corrected chi connectivity index (χ1v) is 5.33. The Kier molecular flexibility index (Phi) is 4.95. The van der Waals surface area contributed by atoms with Gasteiger partial charge < -0.3 is 5.53 Å². The van der Waals surface area contributed by atoms with Gasteiger partial charge in [-0.2, -0.15) is 4.79 Å². The molecule has 0 aliphatic carbocycles. The zero-order valence-electron chi connectivity index (χ0n) is 8.93. The number of Topliss-reactive ketones (excluding diaryl/α,β-unsaturated/α-hetero) is 1. The van der Waals surface area contributed by atoms with Crippen LogP contribution in [0.15, 0.2) is 12.7 Å². The first-order valence-electron chi connectivity index (χ1n) is 5.33. The normalized spacial score (nSPS) is 21.7. The Balaban J connectivity index is 2.51. The van der Waals surface area contributed by atoms with Crippen LogP contribution in [0.25, 0.3) is 5.53 Å². The monoisotopic (exact) mass is 207 g/mol. The first kappa shape index (κ1) is 11.8. The molecule has 0 amide bonds. The largest absolute Gasteiger partial charge is 0.361 e. The fourth-order valence-electron chi connectivity index (χ4n) is 2.05. The van der Waals surface area contributed by atoms with Gasteiger partial charge in [-0.15, -0.1) is 6.58 Å². The highest BCUT2D eigenvalue weighted by atomic mass is 16.1. The molecule has 0 aromatic heterocycles. The van der Waals surface area contributed by atoms with Crippen molar-refractivity contribution in [2.45, 2.75) is 31.7 Å². The van der Waals surface area contributed by atoms with Crippen molar-refractivity contribution < 1.29 is 9.58 Å². The minimum Gasteiger partial charge on any atom is -0.361 e. The molecule has 4 nitrogen and oxygen atoms in total. The number of ketones is 1. The number of rotatable bonds is 5. The second-order valence-corrected chi connectivity index (χ2v) is 3.85. The van der Waals surface area contributed by atoms with Crippen molar-refractivity contribution in [3.05, 3.63) is 18.2 Å². The molecule has 1 saturated heterocycles. The molecule has 82 valence electrons. The summed E-state index contributed by atoms with van der Waals surface area (Å²) >= 11 is 0. The SMILES string of the molecule is C=CCN1CCCCC1CC(=O)C=[N+]=[N-]. The molecule has 0 spiro atoms. The molecule has 1 unspecified atom stereocenters. The summed E-state index contributed by atoms with van der Waals surface area (Å²) in [5.74, 6) is -0.113. The lowest BCUT2D eigenvalue weighted by molar-refractivity contribution is -0.117. The van der Waals surface area contributed by atoms with Gasteiger partial charge in [-0.25, -0.2) is 0 Å². The van der Waals surface area contributed by atoms with Crippen molar-refractivity contribution in [2.75, 3.05) is 13.1 Å². The first-order chi connectivity index (χ1) is 7.27. The van der Waals surface area contributed by atoms with Crippen molar-refractivity contribution >= 4 is 12.0 Å². The highest BCUT2D eigenvalue weighted by Crippen LogP contribution is 2.19. The number of carbonyl (C=O) groups is 1. The van der Waals surface area contributed by atoms with Gasteiger partial charge in [0.2, 0.25) is 5.78 Å². The summed E-state index contributed by atoms with van der Waals surface area (Å²) in [5, 5.41) is 0. The van der Waals surface area contributed by atoms with Crippen LogP contribution in [0.3, 0.4) is 0 Å². The Bertz CT molecular complexity index is 282. The maximum absolute atomic E-state index is 11.3. The fourth-order valence-corrected chi connectivity index (χ4v) is 2.05. The molecule has 0 aromatic carbocycles. The number of nitrogens with zero attached hydrogens (tertiary/aromatic N) is 3. The Morgan fingerprint density at radius 1 is 1.60 bits per heavy atom. The number of piperidine rings is 1. The smallest absolute Gasteiger partial charge is 0.323 e. The van der Waals surface area contributed by atoms with E-state index in [0.29, 0.717) is 6.42 Å². The van der Waals surface area contributed by atoms with Gasteiger partial charge in [0.15, 0.2) is 0 Å². The van der Waals surface area contributed by atoms with E-state index in [1.54, 1.807) is 0 Å². The number of hydrogen-bond acceptors (Lipinski definition) is 2. The Morgan fingerprint density at radius 3 is 3.07 bits per heavy atom. The van der Waals surface area contributed by atoms with Gasteiger partial charge in [0.1, 0.15) is 0 Å². The lowest BCUT2D eigenvalue weighted by Crippen LogP contribution is -2.40.